The SMILES string of the molecule is CC/C=C/C/C=C/C/C=C/C/C=C/CCCCC(=O)O[C@@H](COC(=O)CCCCCC/C=C/C/C=C/C/C=C/CCCCC)CO[C@H]1O[C@@H](CO)[C@@H](O)C(O)C1O. The van der Waals surface area contributed by atoms with E-state index in [0.29, 0.717) is 12.8 Å². The second-order valence-corrected chi connectivity index (χ2v) is 14.4. The van der Waals surface area contributed by atoms with Crippen molar-refractivity contribution in [3.05, 3.63) is 85.1 Å². The van der Waals surface area contributed by atoms with Crippen molar-refractivity contribution in [3.63, 3.8) is 0 Å². The number of unbranched alkanes of at least 4 members (excludes halogenated alkanes) is 9. The van der Waals surface area contributed by atoms with Gasteiger partial charge in [-0.15, -0.1) is 0 Å². The molecule has 0 bridgehead atoms. The Kier molecular flexibility index (Phi) is 33.8. The molecule has 10 heteroatoms. The predicted octanol–water partition coefficient (Wildman–Crippen LogP) is 8.99. The average molecular weight is 801 g/mol. The summed E-state index contributed by atoms with van der Waals surface area (Å²) in [5.74, 6) is -0.890. The minimum atomic E-state index is -1.61. The number of ether oxygens (including phenoxy) is 4. The normalized spacial score (nSPS) is 21.1. The molecule has 1 aliphatic heterocycles. The van der Waals surface area contributed by atoms with Crippen LogP contribution < -0.4 is 0 Å². The van der Waals surface area contributed by atoms with Crippen molar-refractivity contribution in [3.8, 4) is 0 Å². The summed E-state index contributed by atoms with van der Waals surface area (Å²) in [7, 11) is 0. The number of hydrogen-bond donors (Lipinski definition) is 4. The second-order valence-electron chi connectivity index (χ2n) is 14.4. The number of carbonyl (C=O) groups excluding carboxylic acids is 2. The zero-order valence-corrected chi connectivity index (χ0v) is 35.0. The van der Waals surface area contributed by atoms with Gasteiger partial charge in [-0.25, -0.2) is 0 Å². The summed E-state index contributed by atoms with van der Waals surface area (Å²) in [6.07, 6.45) is 40.2. The average Bonchev–Trinajstić information content (AvgIpc) is 3.21. The molecule has 1 saturated heterocycles. The second kappa shape index (κ2) is 37.2. The number of esters is 2. The Morgan fingerprint density at radius 1 is 0.561 bits per heavy atom. The Balaban J connectivity index is 2.41. The minimum absolute atomic E-state index is 0.167. The number of aliphatic hydroxyl groups is 4. The molecule has 0 aromatic carbocycles. The fourth-order valence-corrected chi connectivity index (χ4v) is 5.83. The van der Waals surface area contributed by atoms with Crippen molar-refractivity contribution in [2.75, 3.05) is 19.8 Å². The van der Waals surface area contributed by atoms with Crippen LogP contribution in [0.2, 0.25) is 0 Å². The standard InChI is InChI=1S/C47H76O10/c1-3-5-7-9-11-13-15-17-19-20-22-23-25-27-29-31-33-35-42(49)54-38-40(39-55-47-46(53)45(52)44(51)41(37-48)57-47)56-43(50)36-34-32-30-28-26-24-21-18-16-14-12-10-8-6-4-2/h6,8,11-14,17-19,21-23,26,28,40-41,44-48,51-53H,3-5,7,9-10,15-16,20,24-25,27,29-39H2,1-2H3/b8-6+,13-11+,14-12+,19-17+,21-18+,23-22+,28-26+/t40-,41-,44+,45?,46?,47-/m0/s1. The largest absolute Gasteiger partial charge is 0.462 e. The molecule has 4 N–H and O–H groups in total. The first kappa shape index (κ1) is 51.9. The summed E-state index contributed by atoms with van der Waals surface area (Å²) in [4.78, 5) is 25.3. The maximum Gasteiger partial charge on any atom is 0.306 e. The lowest BCUT2D eigenvalue weighted by Gasteiger charge is -2.39. The van der Waals surface area contributed by atoms with Gasteiger partial charge in [0.2, 0.25) is 0 Å². The molecule has 6 atom stereocenters. The molecule has 0 saturated carbocycles. The van der Waals surface area contributed by atoms with Crippen molar-refractivity contribution in [2.24, 2.45) is 0 Å². The van der Waals surface area contributed by atoms with Crippen LogP contribution in [0.25, 0.3) is 0 Å². The molecule has 0 amide bonds. The van der Waals surface area contributed by atoms with Crippen LogP contribution in [0.1, 0.15) is 142 Å². The van der Waals surface area contributed by atoms with E-state index in [9.17, 15) is 30.0 Å². The van der Waals surface area contributed by atoms with Gasteiger partial charge >= 0.3 is 11.9 Å². The van der Waals surface area contributed by atoms with Crippen LogP contribution in [-0.4, -0.2) is 89.0 Å². The third kappa shape index (κ3) is 28.9. The van der Waals surface area contributed by atoms with Crippen molar-refractivity contribution >= 4 is 11.9 Å². The molecule has 57 heavy (non-hydrogen) atoms. The van der Waals surface area contributed by atoms with Crippen LogP contribution in [0.15, 0.2) is 85.1 Å². The van der Waals surface area contributed by atoms with E-state index < -0.39 is 55.4 Å². The van der Waals surface area contributed by atoms with Gasteiger partial charge < -0.3 is 39.4 Å². The van der Waals surface area contributed by atoms with Gasteiger partial charge in [0, 0.05) is 12.8 Å². The minimum Gasteiger partial charge on any atom is -0.462 e. The maximum atomic E-state index is 12.7. The third-order valence-electron chi connectivity index (χ3n) is 9.26. The van der Waals surface area contributed by atoms with Crippen molar-refractivity contribution in [2.45, 2.75) is 179 Å². The molecular formula is C47H76O10. The zero-order valence-electron chi connectivity index (χ0n) is 35.0. The lowest BCUT2D eigenvalue weighted by atomic mass is 9.99. The summed E-state index contributed by atoms with van der Waals surface area (Å²) < 4.78 is 22.1. The van der Waals surface area contributed by atoms with Gasteiger partial charge in [-0.1, -0.05) is 125 Å². The molecule has 1 rings (SSSR count). The van der Waals surface area contributed by atoms with E-state index in [1.54, 1.807) is 0 Å². The van der Waals surface area contributed by atoms with E-state index >= 15 is 0 Å². The van der Waals surface area contributed by atoms with E-state index in [2.05, 4.69) is 98.9 Å². The van der Waals surface area contributed by atoms with Crippen LogP contribution in [0, 0.1) is 0 Å². The summed E-state index contributed by atoms with van der Waals surface area (Å²) >= 11 is 0. The van der Waals surface area contributed by atoms with Gasteiger partial charge in [-0.2, -0.15) is 0 Å². The maximum absolute atomic E-state index is 12.7. The quantitative estimate of drug-likeness (QED) is 0.0282. The highest BCUT2D eigenvalue weighted by Crippen LogP contribution is 2.22. The van der Waals surface area contributed by atoms with Gasteiger partial charge in [-0.05, 0) is 89.9 Å². The van der Waals surface area contributed by atoms with Gasteiger partial charge in [-0.3, -0.25) is 9.59 Å². The van der Waals surface area contributed by atoms with E-state index in [1.807, 2.05) is 0 Å². The first-order valence-electron chi connectivity index (χ1n) is 21.7. The Hall–Kier alpha value is -3.12. The summed E-state index contributed by atoms with van der Waals surface area (Å²) in [5, 5.41) is 40.0. The number of aliphatic hydroxyl groups excluding tert-OH is 4. The van der Waals surface area contributed by atoms with Gasteiger partial charge in [0.05, 0.1) is 13.2 Å². The number of rotatable bonds is 34. The monoisotopic (exact) mass is 801 g/mol. The van der Waals surface area contributed by atoms with E-state index in [4.69, 9.17) is 18.9 Å². The van der Waals surface area contributed by atoms with Gasteiger partial charge in [0.15, 0.2) is 12.4 Å². The highest BCUT2D eigenvalue weighted by Gasteiger charge is 2.44. The first-order chi connectivity index (χ1) is 27.8. The Morgan fingerprint density at radius 3 is 1.58 bits per heavy atom. The van der Waals surface area contributed by atoms with Gasteiger partial charge in [0.25, 0.3) is 0 Å². The van der Waals surface area contributed by atoms with E-state index in [0.717, 1.165) is 77.0 Å². The highest BCUT2D eigenvalue weighted by molar-refractivity contribution is 5.70. The lowest BCUT2D eigenvalue weighted by Crippen LogP contribution is -2.59. The molecule has 1 aliphatic rings. The number of allylic oxidation sites excluding steroid dienone is 14. The van der Waals surface area contributed by atoms with Crippen LogP contribution in [-0.2, 0) is 28.5 Å². The fourth-order valence-electron chi connectivity index (χ4n) is 5.83. The first-order valence-corrected chi connectivity index (χ1v) is 21.7. The van der Waals surface area contributed by atoms with Crippen LogP contribution in [0.5, 0.6) is 0 Å². The van der Waals surface area contributed by atoms with Crippen LogP contribution >= 0.6 is 0 Å². The summed E-state index contributed by atoms with van der Waals surface area (Å²) in [5.41, 5.74) is 0. The molecule has 1 heterocycles. The smallest absolute Gasteiger partial charge is 0.306 e. The van der Waals surface area contributed by atoms with E-state index in [-0.39, 0.29) is 26.1 Å². The molecule has 2 unspecified atom stereocenters. The fraction of sp³-hybridized carbons (Fsp3) is 0.660. The molecule has 10 nitrogen and oxygen atoms in total. The Bertz CT molecular complexity index is 1200. The molecule has 0 aliphatic carbocycles. The predicted molar refractivity (Wildman–Crippen MR) is 228 cm³/mol. The number of hydrogen-bond acceptors (Lipinski definition) is 10. The lowest BCUT2D eigenvalue weighted by molar-refractivity contribution is -0.305. The van der Waals surface area contributed by atoms with E-state index in [1.165, 1.54) is 25.7 Å². The Labute approximate surface area is 344 Å². The summed E-state index contributed by atoms with van der Waals surface area (Å²) in [6.45, 7) is 3.19. The number of carbonyl (C=O) groups is 2. The van der Waals surface area contributed by atoms with Crippen LogP contribution in [0.3, 0.4) is 0 Å². The summed E-state index contributed by atoms with van der Waals surface area (Å²) in [6, 6.07) is 0. The zero-order chi connectivity index (χ0) is 41.6. The van der Waals surface area contributed by atoms with Crippen LogP contribution in [0.4, 0.5) is 0 Å². The topological polar surface area (TPSA) is 152 Å². The Morgan fingerprint density at radius 2 is 1.04 bits per heavy atom. The molecule has 1 fully saturated rings. The van der Waals surface area contributed by atoms with Crippen molar-refractivity contribution in [1.29, 1.82) is 0 Å². The molecule has 0 aromatic rings. The molecule has 0 radical (unpaired) electrons. The van der Waals surface area contributed by atoms with Gasteiger partial charge in [0.1, 0.15) is 31.0 Å². The molecular weight excluding hydrogens is 725 g/mol. The third-order valence-corrected chi connectivity index (χ3v) is 9.26. The van der Waals surface area contributed by atoms with Crippen molar-refractivity contribution in [1.82, 2.24) is 0 Å². The molecule has 324 valence electrons. The molecule has 0 spiro atoms. The van der Waals surface area contributed by atoms with Crippen molar-refractivity contribution < 1.29 is 49.0 Å². The molecule has 0 aromatic heterocycles. The highest BCUT2D eigenvalue weighted by atomic mass is 16.7.